The Kier molecular flexibility index (Phi) is 5.17. The standard InChI is InChI=1S/C10H16F4N2O/c11-8(12)10(13,14)9(17)15-4-7-16-5-2-1-3-6-16/h8H,1-7H2,(H,15,17). The van der Waals surface area contributed by atoms with Crippen molar-refractivity contribution in [1.29, 1.82) is 0 Å². The number of halogens is 4. The molecule has 3 nitrogen and oxygen atoms in total. The Hall–Kier alpha value is -0.850. The number of carbonyl (C=O) groups is 1. The summed E-state index contributed by atoms with van der Waals surface area (Å²) in [5.74, 6) is -6.49. The fraction of sp³-hybridized carbons (Fsp3) is 0.900. The fourth-order valence-corrected chi connectivity index (χ4v) is 1.73. The molecule has 0 saturated carbocycles. The summed E-state index contributed by atoms with van der Waals surface area (Å²) in [5.41, 5.74) is 0. The maximum atomic E-state index is 12.5. The molecule has 100 valence electrons. The summed E-state index contributed by atoms with van der Waals surface area (Å²) < 4.78 is 48.7. The molecule has 1 saturated heterocycles. The lowest BCUT2D eigenvalue weighted by atomic mass is 10.1. The first kappa shape index (κ1) is 14.2. The van der Waals surface area contributed by atoms with E-state index in [1.807, 2.05) is 10.2 Å². The van der Waals surface area contributed by atoms with Crippen molar-refractivity contribution in [1.82, 2.24) is 10.2 Å². The zero-order valence-corrected chi connectivity index (χ0v) is 9.39. The lowest BCUT2D eigenvalue weighted by Gasteiger charge is -2.26. The molecule has 0 bridgehead atoms. The number of rotatable bonds is 5. The van der Waals surface area contributed by atoms with E-state index >= 15 is 0 Å². The molecule has 1 aliphatic heterocycles. The van der Waals surface area contributed by atoms with Crippen LogP contribution in [0.4, 0.5) is 17.6 Å². The molecule has 17 heavy (non-hydrogen) atoms. The van der Waals surface area contributed by atoms with E-state index in [9.17, 15) is 22.4 Å². The highest BCUT2D eigenvalue weighted by atomic mass is 19.3. The van der Waals surface area contributed by atoms with Crippen LogP contribution in [0, 0.1) is 0 Å². The van der Waals surface area contributed by atoms with E-state index in [2.05, 4.69) is 0 Å². The Balaban J connectivity index is 2.23. The van der Waals surface area contributed by atoms with E-state index in [1.54, 1.807) is 0 Å². The molecule has 1 fully saturated rings. The summed E-state index contributed by atoms with van der Waals surface area (Å²) in [6.07, 6.45) is -0.730. The van der Waals surface area contributed by atoms with Crippen LogP contribution in [-0.2, 0) is 4.79 Å². The van der Waals surface area contributed by atoms with Crippen LogP contribution in [-0.4, -0.2) is 49.3 Å². The number of hydrogen-bond acceptors (Lipinski definition) is 2. The smallest absolute Gasteiger partial charge is 0.349 e. The number of amides is 1. The second-order valence-electron chi connectivity index (χ2n) is 4.08. The van der Waals surface area contributed by atoms with Crippen molar-refractivity contribution in [2.75, 3.05) is 26.2 Å². The summed E-state index contributed by atoms with van der Waals surface area (Å²) in [4.78, 5) is 12.8. The highest BCUT2D eigenvalue weighted by Gasteiger charge is 2.48. The molecular weight excluding hydrogens is 240 g/mol. The summed E-state index contributed by atoms with van der Waals surface area (Å²) in [6, 6.07) is 0. The number of hydrogen-bond donors (Lipinski definition) is 1. The molecule has 1 N–H and O–H groups in total. The number of alkyl halides is 4. The Labute approximate surface area is 97.2 Å². The van der Waals surface area contributed by atoms with Crippen LogP contribution in [0.15, 0.2) is 0 Å². The van der Waals surface area contributed by atoms with Gasteiger partial charge in [-0.25, -0.2) is 8.78 Å². The van der Waals surface area contributed by atoms with Crippen molar-refractivity contribution in [3.63, 3.8) is 0 Å². The van der Waals surface area contributed by atoms with E-state index < -0.39 is 18.3 Å². The molecule has 0 aromatic carbocycles. The highest BCUT2D eigenvalue weighted by molar-refractivity contribution is 5.83. The van der Waals surface area contributed by atoms with Gasteiger partial charge in [-0.15, -0.1) is 0 Å². The maximum Gasteiger partial charge on any atom is 0.383 e. The second kappa shape index (κ2) is 6.18. The Morgan fingerprint density at radius 1 is 1.24 bits per heavy atom. The average Bonchev–Trinajstić information content (AvgIpc) is 2.30. The minimum atomic E-state index is -4.60. The lowest BCUT2D eigenvalue weighted by Crippen LogP contribution is -2.47. The summed E-state index contributed by atoms with van der Waals surface area (Å²) in [7, 11) is 0. The normalized spacial score (nSPS) is 18.4. The lowest BCUT2D eigenvalue weighted by molar-refractivity contribution is -0.169. The van der Waals surface area contributed by atoms with Gasteiger partial charge in [-0.05, 0) is 25.9 Å². The number of likely N-dealkylation sites (tertiary alicyclic amines) is 1. The first-order chi connectivity index (χ1) is 7.94. The third-order valence-electron chi connectivity index (χ3n) is 2.74. The summed E-state index contributed by atoms with van der Waals surface area (Å²) in [6.45, 7) is 2.12. The molecule has 0 radical (unpaired) electrons. The van der Waals surface area contributed by atoms with E-state index in [-0.39, 0.29) is 6.54 Å². The van der Waals surface area contributed by atoms with Gasteiger partial charge in [-0.2, -0.15) is 8.78 Å². The molecule has 0 atom stereocenters. The predicted molar refractivity (Wildman–Crippen MR) is 54.3 cm³/mol. The summed E-state index contributed by atoms with van der Waals surface area (Å²) in [5, 5.41) is 1.84. The molecule has 0 spiro atoms. The zero-order valence-electron chi connectivity index (χ0n) is 9.39. The van der Waals surface area contributed by atoms with E-state index in [1.165, 1.54) is 0 Å². The van der Waals surface area contributed by atoms with Crippen LogP contribution in [0.2, 0.25) is 0 Å². The van der Waals surface area contributed by atoms with Gasteiger partial charge in [0.1, 0.15) is 0 Å². The van der Waals surface area contributed by atoms with Gasteiger partial charge in [-0.1, -0.05) is 6.42 Å². The van der Waals surface area contributed by atoms with Crippen LogP contribution in [0.25, 0.3) is 0 Å². The molecule has 0 aromatic heterocycles. The Bertz CT molecular complexity index is 255. The van der Waals surface area contributed by atoms with Gasteiger partial charge in [-0.3, -0.25) is 4.79 Å². The van der Waals surface area contributed by atoms with Crippen LogP contribution < -0.4 is 5.32 Å². The Morgan fingerprint density at radius 3 is 2.35 bits per heavy atom. The first-order valence-electron chi connectivity index (χ1n) is 5.61. The number of carbonyl (C=O) groups excluding carboxylic acids is 1. The third-order valence-corrected chi connectivity index (χ3v) is 2.74. The van der Waals surface area contributed by atoms with Crippen LogP contribution in [0.1, 0.15) is 19.3 Å². The monoisotopic (exact) mass is 256 g/mol. The molecule has 7 heteroatoms. The zero-order chi connectivity index (χ0) is 12.9. The quantitative estimate of drug-likeness (QED) is 0.756. The maximum absolute atomic E-state index is 12.5. The minimum absolute atomic E-state index is 0.0266. The summed E-state index contributed by atoms with van der Waals surface area (Å²) >= 11 is 0. The van der Waals surface area contributed by atoms with Crippen molar-refractivity contribution in [3.8, 4) is 0 Å². The van der Waals surface area contributed by atoms with Gasteiger partial charge >= 0.3 is 12.3 Å². The predicted octanol–water partition coefficient (Wildman–Crippen LogP) is 1.49. The number of piperidine rings is 1. The molecule has 1 heterocycles. The molecule has 1 amide bonds. The van der Waals surface area contributed by atoms with Crippen LogP contribution in [0.3, 0.4) is 0 Å². The largest absolute Gasteiger partial charge is 0.383 e. The SMILES string of the molecule is O=C(NCCN1CCCCC1)C(F)(F)C(F)F. The molecule has 0 aliphatic carbocycles. The van der Waals surface area contributed by atoms with Gasteiger partial charge in [0.15, 0.2) is 0 Å². The topological polar surface area (TPSA) is 32.3 Å². The van der Waals surface area contributed by atoms with Crippen molar-refractivity contribution in [2.24, 2.45) is 0 Å². The molecule has 1 aliphatic rings. The highest BCUT2D eigenvalue weighted by Crippen LogP contribution is 2.22. The second-order valence-corrected chi connectivity index (χ2v) is 4.08. The molecule has 0 unspecified atom stereocenters. The van der Waals surface area contributed by atoms with Crippen molar-refractivity contribution in [2.45, 2.75) is 31.6 Å². The average molecular weight is 256 g/mol. The van der Waals surface area contributed by atoms with E-state index in [4.69, 9.17) is 0 Å². The fourth-order valence-electron chi connectivity index (χ4n) is 1.73. The first-order valence-corrected chi connectivity index (χ1v) is 5.61. The van der Waals surface area contributed by atoms with Crippen molar-refractivity contribution in [3.05, 3.63) is 0 Å². The Morgan fingerprint density at radius 2 is 1.82 bits per heavy atom. The van der Waals surface area contributed by atoms with Crippen LogP contribution >= 0.6 is 0 Å². The van der Waals surface area contributed by atoms with E-state index in [0.717, 1.165) is 32.4 Å². The molecular formula is C10H16F4N2O. The number of nitrogens with one attached hydrogen (secondary N) is 1. The van der Waals surface area contributed by atoms with Crippen molar-refractivity contribution >= 4 is 5.91 Å². The van der Waals surface area contributed by atoms with Gasteiger partial charge in [0.25, 0.3) is 5.91 Å². The van der Waals surface area contributed by atoms with Gasteiger partial charge in [0, 0.05) is 13.1 Å². The van der Waals surface area contributed by atoms with E-state index in [0.29, 0.717) is 6.54 Å². The molecule has 1 rings (SSSR count). The van der Waals surface area contributed by atoms with Gasteiger partial charge in [0.05, 0.1) is 0 Å². The molecule has 0 aromatic rings. The minimum Gasteiger partial charge on any atom is -0.349 e. The van der Waals surface area contributed by atoms with Crippen molar-refractivity contribution < 1.29 is 22.4 Å². The van der Waals surface area contributed by atoms with Crippen LogP contribution in [0.5, 0.6) is 0 Å². The number of nitrogens with zero attached hydrogens (tertiary/aromatic N) is 1. The third kappa shape index (κ3) is 4.14. The van der Waals surface area contributed by atoms with Gasteiger partial charge < -0.3 is 10.2 Å². The van der Waals surface area contributed by atoms with Gasteiger partial charge in [0.2, 0.25) is 0 Å².